The number of nitrogens with zero attached hydrogens (tertiary/aromatic N) is 5. The zero-order valence-corrected chi connectivity index (χ0v) is 25.5. The molecule has 1 aromatic carbocycles. The molecule has 1 fully saturated rings. The third-order valence-corrected chi connectivity index (χ3v) is 10.5. The molecule has 1 atom stereocenters. The second-order valence-corrected chi connectivity index (χ2v) is 14.3. The number of carboxylic acid groups (broad SMARTS) is 1. The van der Waals surface area contributed by atoms with Crippen molar-refractivity contribution >= 4 is 27.0 Å². The molecule has 3 aromatic heterocycles. The van der Waals surface area contributed by atoms with Crippen LogP contribution in [0.1, 0.15) is 66.2 Å². The summed E-state index contributed by atoms with van der Waals surface area (Å²) in [6.07, 6.45) is 3.13. The van der Waals surface area contributed by atoms with Crippen LogP contribution in [0.2, 0.25) is 0 Å². The first-order chi connectivity index (χ1) is 19.7. The maximum Gasteiger partial charge on any atom is 0.310 e. The van der Waals surface area contributed by atoms with Crippen molar-refractivity contribution in [3.63, 3.8) is 0 Å². The van der Waals surface area contributed by atoms with Crippen LogP contribution in [-0.2, 0) is 28.4 Å². The SMILES string of the molecule is Cc1cnc2c(c1)S(=O)(=O)N(Cc1cc([C@@H](c3cc4cc(C)nnc4n3C)C(C)(C)C(=O)O)ccc1C)CC1(CC1)O2. The lowest BCUT2D eigenvalue weighted by molar-refractivity contribution is -0.147. The molecule has 0 radical (unpaired) electrons. The van der Waals surface area contributed by atoms with Gasteiger partial charge in [-0.05, 0) is 87.9 Å². The van der Waals surface area contributed by atoms with Crippen molar-refractivity contribution in [1.82, 2.24) is 24.1 Å². The predicted molar refractivity (Wildman–Crippen MR) is 157 cm³/mol. The highest BCUT2D eigenvalue weighted by molar-refractivity contribution is 7.89. The molecular weight excluding hydrogens is 554 g/mol. The molecule has 2 aliphatic rings. The summed E-state index contributed by atoms with van der Waals surface area (Å²) in [5.74, 6) is -1.34. The minimum atomic E-state index is -3.91. The van der Waals surface area contributed by atoms with Gasteiger partial charge in [0.1, 0.15) is 10.5 Å². The van der Waals surface area contributed by atoms with Crippen LogP contribution in [-0.4, -0.2) is 55.7 Å². The molecule has 0 bridgehead atoms. The summed E-state index contributed by atoms with van der Waals surface area (Å²) in [5, 5.41) is 19.8. The lowest BCUT2D eigenvalue weighted by atomic mass is 9.72. The van der Waals surface area contributed by atoms with Crippen LogP contribution in [0.5, 0.6) is 5.88 Å². The zero-order valence-electron chi connectivity index (χ0n) is 24.7. The number of sulfonamides is 1. The van der Waals surface area contributed by atoms with Crippen LogP contribution in [0.25, 0.3) is 11.0 Å². The molecule has 1 saturated carbocycles. The van der Waals surface area contributed by atoms with Gasteiger partial charge in [0.15, 0.2) is 5.65 Å². The number of pyridine rings is 1. The van der Waals surface area contributed by atoms with Crippen molar-refractivity contribution in [2.24, 2.45) is 12.5 Å². The fourth-order valence-corrected chi connectivity index (χ4v) is 7.59. The van der Waals surface area contributed by atoms with Crippen molar-refractivity contribution in [3.05, 3.63) is 76.2 Å². The molecule has 1 spiro atoms. The number of aliphatic carboxylic acids is 1. The Hall–Kier alpha value is -3.83. The molecule has 0 amide bonds. The predicted octanol–water partition coefficient (Wildman–Crippen LogP) is 4.65. The number of carboxylic acids is 1. The molecule has 0 unspecified atom stereocenters. The van der Waals surface area contributed by atoms with Gasteiger partial charge in [-0.3, -0.25) is 4.79 Å². The lowest BCUT2D eigenvalue weighted by Crippen LogP contribution is -2.38. The Morgan fingerprint density at radius 3 is 2.55 bits per heavy atom. The number of hydrogen-bond donors (Lipinski definition) is 1. The summed E-state index contributed by atoms with van der Waals surface area (Å²) in [6.45, 7) is 9.40. The molecule has 6 rings (SSSR count). The molecule has 1 N–H and O–H groups in total. The number of benzene rings is 1. The minimum Gasteiger partial charge on any atom is -0.481 e. The Morgan fingerprint density at radius 1 is 1.12 bits per heavy atom. The van der Waals surface area contributed by atoms with E-state index in [9.17, 15) is 18.3 Å². The van der Waals surface area contributed by atoms with Gasteiger partial charge in [-0.25, -0.2) is 13.4 Å². The lowest BCUT2D eigenvalue weighted by Gasteiger charge is -2.32. The third-order valence-electron chi connectivity index (χ3n) is 8.71. The number of rotatable bonds is 6. The van der Waals surface area contributed by atoms with E-state index in [2.05, 4.69) is 15.2 Å². The van der Waals surface area contributed by atoms with Crippen LogP contribution in [0, 0.1) is 26.2 Å². The Balaban J connectivity index is 1.46. The summed E-state index contributed by atoms with van der Waals surface area (Å²) >= 11 is 0. The largest absolute Gasteiger partial charge is 0.481 e. The normalized spacial score (nSPS) is 18.3. The van der Waals surface area contributed by atoms with Gasteiger partial charge < -0.3 is 14.4 Å². The molecular formula is C31H35N5O5S. The van der Waals surface area contributed by atoms with Gasteiger partial charge in [0.2, 0.25) is 15.9 Å². The Kier molecular flexibility index (Phi) is 6.47. The Morgan fingerprint density at radius 2 is 1.86 bits per heavy atom. The molecule has 4 heterocycles. The van der Waals surface area contributed by atoms with E-state index in [1.165, 1.54) is 4.31 Å². The number of hydrogen-bond acceptors (Lipinski definition) is 7. The number of carbonyl (C=O) groups is 1. The molecule has 1 aliphatic heterocycles. The first-order valence-corrected chi connectivity index (χ1v) is 15.4. The summed E-state index contributed by atoms with van der Waals surface area (Å²) in [5.41, 5.74) is 3.68. The molecule has 1 aliphatic carbocycles. The van der Waals surface area contributed by atoms with Crippen molar-refractivity contribution < 1.29 is 23.1 Å². The van der Waals surface area contributed by atoms with Crippen LogP contribution >= 0.6 is 0 Å². The first kappa shape index (κ1) is 28.3. The standard InChI is InChI=1S/C31H35N5O5S/c1-18-11-25-28(32-15-18)41-31(9-10-31)17-36(42(25,39)40)16-23-13-21(8-7-19(23)2)26(30(4,5)29(37)38)24-14-22-12-20(3)33-34-27(22)35(24)6/h7-8,11-15,26H,9-10,16-17H2,1-6H3,(H,37,38)/t26-/m0/s1. The third kappa shape index (κ3) is 4.64. The van der Waals surface area contributed by atoms with Crippen LogP contribution < -0.4 is 4.74 Å². The van der Waals surface area contributed by atoms with E-state index < -0.39 is 32.9 Å². The van der Waals surface area contributed by atoms with Crippen LogP contribution in [0.15, 0.2) is 47.5 Å². The van der Waals surface area contributed by atoms with E-state index in [0.717, 1.165) is 51.9 Å². The van der Waals surface area contributed by atoms with Crippen molar-refractivity contribution in [1.29, 1.82) is 0 Å². The van der Waals surface area contributed by atoms with Gasteiger partial charge >= 0.3 is 5.97 Å². The van der Waals surface area contributed by atoms with E-state index in [-0.39, 0.29) is 23.9 Å². The highest BCUT2D eigenvalue weighted by Crippen LogP contribution is 2.47. The summed E-state index contributed by atoms with van der Waals surface area (Å²) in [7, 11) is -2.04. The van der Waals surface area contributed by atoms with Crippen molar-refractivity contribution in [2.75, 3.05) is 6.54 Å². The first-order valence-electron chi connectivity index (χ1n) is 14.0. The molecule has 4 aromatic rings. The van der Waals surface area contributed by atoms with Crippen molar-refractivity contribution in [3.8, 4) is 5.88 Å². The molecule has 11 heteroatoms. The topological polar surface area (TPSA) is 128 Å². The zero-order chi connectivity index (χ0) is 30.2. The fourth-order valence-electron chi connectivity index (χ4n) is 5.95. The molecule has 42 heavy (non-hydrogen) atoms. The molecule has 0 saturated heterocycles. The Labute approximate surface area is 245 Å². The van der Waals surface area contributed by atoms with Gasteiger partial charge in [-0.1, -0.05) is 18.2 Å². The second-order valence-electron chi connectivity index (χ2n) is 12.4. The maximum absolute atomic E-state index is 14.0. The van der Waals surface area contributed by atoms with Gasteiger partial charge in [0.05, 0.1) is 17.7 Å². The molecule has 220 valence electrons. The van der Waals surface area contributed by atoms with Gasteiger partial charge in [0, 0.05) is 36.8 Å². The van der Waals surface area contributed by atoms with E-state index >= 15 is 0 Å². The number of fused-ring (bicyclic) bond motifs is 2. The van der Waals surface area contributed by atoms with Crippen molar-refractivity contribution in [2.45, 2.75) is 70.4 Å². The summed E-state index contributed by atoms with van der Waals surface area (Å²) in [6, 6.07) is 11.4. The van der Waals surface area contributed by atoms with Gasteiger partial charge in [-0.2, -0.15) is 9.40 Å². The van der Waals surface area contributed by atoms with E-state index in [4.69, 9.17) is 4.74 Å². The van der Waals surface area contributed by atoms with E-state index in [1.54, 1.807) is 26.1 Å². The van der Waals surface area contributed by atoms with E-state index in [1.807, 2.05) is 62.7 Å². The second kappa shape index (κ2) is 9.60. The number of ether oxygens (including phenoxy) is 1. The highest BCUT2D eigenvalue weighted by atomic mass is 32.2. The minimum absolute atomic E-state index is 0.0804. The van der Waals surface area contributed by atoms with Crippen LogP contribution in [0.4, 0.5) is 0 Å². The molecule has 10 nitrogen and oxygen atoms in total. The smallest absolute Gasteiger partial charge is 0.310 e. The van der Waals surface area contributed by atoms with Gasteiger partial charge in [-0.15, -0.1) is 5.10 Å². The highest BCUT2D eigenvalue weighted by Gasteiger charge is 2.52. The average Bonchev–Trinajstić information content (AvgIpc) is 3.62. The van der Waals surface area contributed by atoms with E-state index in [0.29, 0.717) is 5.65 Å². The van der Waals surface area contributed by atoms with Crippen LogP contribution in [0.3, 0.4) is 0 Å². The van der Waals surface area contributed by atoms with Gasteiger partial charge in [0.25, 0.3) is 0 Å². The maximum atomic E-state index is 14.0. The number of aromatic nitrogens is 4. The summed E-state index contributed by atoms with van der Waals surface area (Å²) < 4.78 is 37.5. The quantitative estimate of drug-likeness (QED) is 0.344. The number of aryl methyl sites for hydroxylation is 4. The average molecular weight is 590 g/mol. The monoisotopic (exact) mass is 589 g/mol. The Bertz CT molecular complexity index is 1860. The summed E-state index contributed by atoms with van der Waals surface area (Å²) in [4.78, 5) is 17.1. The fraction of sp³-hybridized carbons (Fsp3) is 0.419.